The average molecular weight is 291 g/mol. The van der Waals surface area contributed by atoms with Crippen LogP contribution in [0.4, 0.5) is 0 Å². The van der Waals surface area contributed by atoms with Crippen LogP contribution in [0.15, 0.2) is 0 Å². The van der Waals surface area contributed by atoms with Gasteiger partial charge in [0.2, 0.25) is 0 Å². The molecule has 1 N–H and O–H groups in total. The van der Waals surface area contributed by atoms with Gasteiger partial charge in [0, 0.05) is 19.6 Å². The number of carbonyl (C=O) groups is 1. The summed E-state index contributed by atoms with van der Waals surface area (Å²) in [5.74, 6) is -1.63. The Bertz CT molecular complexity index is 430. The number of nitrogens with zero attached hydrogens (tertiary/aromatic N) is 3. The van der Waals surface area contributed by atoms with Crippen molar-refractivity contribution >= 4 is 16.2 Å². The Balaban J connectivity index is 5.13. The van der Waals surface area contributed by atoms with Crippen molar-refractivity contribution in [2.75, 3.05) is 26.2 Å². The minimum atomic E-state index is -3.84. The minimum absolute atomic E-state index is 0.0646. The molecule has 0 aromatic rings. The lowest BCUT2D eigenvalue weighted by Crippen LogP contribution is -2.47. The molecule has 8 heteroatoms. The van der Waals surface area contributed by atoms with Crippen LogP contribution in [0.3, 0.4) is 0 Å². The van der Waals surface area contributed by atoms with Crippen LogP contribution in [-0.4, -0.2) is 54.3 Å². The molecule has 0 fully saturated rings. The number of hydrogen-bond donors (Lipinski definition) is 1. The van der Waals surface area contributed by atoms with Crippen molar-refractivity contribution in [1.82, 2.24) is 8.61 Å². The van der Waals surface area contributed by atoms with E-state index in [0.717, 1.165) is 8.61 Å². The summed E-state index contributed by atoms with van der Waals surface area (Å²) in [6.45, 7) is 4.91. The number of aliphatic carboxylic acids is 1. The van der Waals surface area contributed by atoms with E-state index in [1.807, 2.05) is 6.07 Å². The highest BCUT2D eigenvalue weighted by atomic mass is 32.2. The lowest BCUT2D eigenvalue weighted by atomic mass is 10.2. The van der Waals surface area contributed by atoms with Gasteiger partial charge in [0.25, 0.3) is 10.2 Å². The number of rotatable bonds is 9. The summed E-state index contributed by atoms with van der Waals surface area (Å²) < 4.78 is 26.7. The Labute approximate surface area is 114 Å². The fraction of sp³-hybridized carbons (Fsp3) is 0.818. The van der Waals surface area contributed by atoms with E-state index < -0.39 is 28.6 Å². The maximum Gasteiger partial charge on any atom is 0.318 e. The SMILES string of the molecule is CCCN(CC(=O)O)S(=O)(=O)N(CC)CC(C)C#N. The molecule has 110 valence electrons. The molecule has 0 rings (SSSR count). The van der Waals surface area contributed by atoms with Crippen LogP contribution in [-0.2, 0) is 15.0 Å². The van der Waals surface area contributed by atoms with Gasteiger partial charge in [-0.25, -0.2) is 0 Å². The van der Waals surface area contributed by atoms with E-state index in [2.05, 4.69) is 0 Å². The van der Waals surface area contributed by atoms with Gasteiger partial charge < -0.3 is 5.11 Å². The van der Waals surface area contributed by atoms with Crippen LogP contribution in [0.25, 0.3) is 0 Å². The third-order valence-corrected chi connectivity index (χ3v) is 4.51. The molecule has 19 heavy (non-hydrogen) atoms. The van der Waals surface area contributed by atoms with Gasteiger partial charge in [-0.15, -0.1) is 0 Å². The second-order valence-electron chi connectivity index (χ2n) is 4.22. The van der Waals surface area contributed by atoms with Gasteiger partial charge in [-0.2, -0.15) is 22.3 Å². The van der Waals surface area contributed by atoms with Gasteiger partial charge in [-0.3, -0.25) is 4.79 Å². The Morgan fingerprint density at radius 3 is 2.32 bits per heavy atom. The predicted octanol–water partition coefficient (Wildman–Crippen LogP) is 0.509. The molecule has 7 nitrogen and oxygen atoms in total. The molecule has 1 atom stereocenters. The number of carboxylic acids is 1. The third-order valence-electron chi connectivity index (χ3n) is 2.49. The molecule has 0 aliphatic heterocycles. The van der Waals surface area contributed by atoms with Crippen LogP contribution in [0, 0.1) is 17.2 Å². The largest absolute Gasteiger partial charge is 0.480 e. The van der Waals surface area contributed by atoms with E-state index in [0.29, 0.717) is 6.42 Å². The lowest BCUT2D eigenvalue weighted by Gasteiger charge is -2.28. The van der Waals surface area contributed by atoms with Crippen molar-refractivity contribution < 1.29 is 18.3 Å². The monoisotopic (exact) mass is 291 g/mol. The molecule has 0 spiro atoms. The molecule has 0 aliphatic carbocycles. The van der Waals surface area contributed by atoms with Crippen LogP contribution >= 0.6 is 0 Å². The van der Waals surface area contributed by atoms with E-state index >= 15 is 0 Å². The molecule has 0 bridgehead atoms. The van der Waals surface area contributed by atoms with Crippen molar-refractivity contribution in [3.05, 3.63) is 0 Å². The molecule has 0 saturated heterocycles. The molecule has 0 heterocycles. The molecular weight excluding hydrogens is 270 g/mol. The molecule has 0 aromatic heterocycles. The van der Waals surface area contributed by atoms with Gasteiger partial charge in [0.15, 0.2) is 0 Å². The first kappa shape index (κ1) is 17.8. The maximum atomic E-state index is 12.3. The zero-order valence-electron chi connectivity index (χ0n) is 11.5. The second kappa shape index (κ2) is 8.09. The zero-order valence-corrected chi connectivity index (χ0v) is 12.4. The molecule has 0 amide bonds. The first-order chi connectivity index (χ1) is 8.79. The van der Waals surface area contributed by atoms with Crippen molar-refractivity contribution in [3.8, 4) is 6.07 Å². The summed E-state index contributed by atoms with van der Waals surface area (Å²) >= 11 is 0. The summed E-state index contributed by atoms with van der Waals surface area (Å²) in [6, 6.07) is 1.97. The number of hydrogen-bond acceptors (Lipinski definition) is 4. The third kappa shape index (κ3) is 5.55. The number of nitriles is 1. The molecule has 0 aromatic carbocycles. The summed E-state index contributed by atoms with van der Waals surface area (Å²) in [4.78, 5) is 10.7. The Morgan fingerprint density at radius 1 is 1.37 bits per heavy atom. The van der Waals surface area contributed by atoms with E-state index in [9.17, 15) is 13.2 Å². The van der Waals surface area contributed by atoms with Crippen LogP contribution < -0.4 is 0 Å². The van der Waals surface area contributed by atoms with Gasteiger partial charge in [0.1, 0.15) is 6.54 Å². The van der Waals surface area contributed by atoms with E-state index in [1.54, 1.807) is 20.8 Å². The normalized spacial score (nSPS) is 13.5. The topological polar surface area (TPSA) is 102 Å². The molecular formula is C11H21N3O4S. The lowest BCUT2D eigenvalue weighted by molar-refractivity contribution is -0.137. The Morgan fingerprint density at radius 2 is 1.95 bits per heavy atom. The Hall–Kier alpha value is -1.17. The summed E-state index contributed by atoms with van der Waals surface area (Å²) in [7, 11) is -3.84. The minimum Gasteiger partial charge on any atom is -0.480 e. The highest BCUT2D eigenvalue weighted by Gasteiger charge is 2.30. The first-order valence-corrected chi connectivity index (χ1v) is 7.55. The highest BCUT2D eigenvalue weighted by Crippen LogP contribution is 2.11. The smallest absolute Gasteiger partial charge is 0.318 e. The second-order valence-corrected chi connectivity index (χ2v) is 6.14. The van der Waals surface area contributed by atoms with Gasteiger partial charge in [-0.1, -0.05) is 13.8 Å². The quantitative estimate of drug-likeness (QED) is 0.667. The van der Waals surface area contributed by atoms with Crippen LogP contribution in [0.5, 0.6) is 0 Å². The zero-order chi connectivity index (χ0) is 15.1. The molecule has 1 unspecified atom stereocenters. The highest BCUT2D eigenvalue weighted by molar-refractivity contribution is 7.86. The Kier molecular flexibility index (Phi) is 7.59. The van der Waals surface area contributed by atoms with Crippen molar-refractivity contribution in [3.63, 3.8) is 0 Å². The predicted molar refractivity (Wildman–Crippen MR) is 70.4 cm³/mol. The van der Waals surface area contributed by atoms with Crippen LogP contribution in [0.1, 0.15) is 27.2 Å². The standard InChI is InChI=1S/C11H21N3O4S/c1-4-6-14(9-11(15)16)19(17,18)13(5-2)8-10(3)7-12/h10H,4-6,8-9H2,1-3H3,(H,15,16). The first-order valence-electron chi connectivity index (χ1n) is 6.16. The summed E-state index contributed by atoms with van der Waals surface area (Å²) in [5, 5.41) is 17.5. The number of carboxylic acid groups (broad SMARTS) is 1. The molecule has 0 radical (unpaired) electrons. The average Bonchev–Trinajstić information content (AvgIpc) is 2.34. The van der Waals surface area contributed by atoms with Crippen molar-refractivity contribution in [1.29, 1.82) is 5.26 Å². The van der Waals surface area contributed by atoms with E-state index in [1.165, 1.54) is 0 Å². The summed E-state index contributed by atoms with van der Waals surface area (Å²) in [5.41, 5.74) is 0. The van der Waals surface area contributed by atoms with E-state index in [4.69, 9.17) is 10.4 Å². The van der Waals surface area contributed by atoms with E-state index in [-0.39, 0.29) is 19.6 Å². The molecule has 0 aliphatic rings. The molecule has 0 saturated carbocycles. The summed E-state index contributed by atoms with van der Waals surface area (Å²) in [6.07, 6.45) is 0.526. The fourth-order valence-electron chi connectivity index (χ4n) is 1.57. The van der Waals surface area contributed by atoms with Gasteiger partial charge in [0.05, 0.1) is 12.0 Å². The fourth-order valence-corrected chi connectivity index (χ4v) is 3.32. The maximum absolute atomic E-state index is 12.3. The van der Waals surface area contributed by atoms with Gasteiger partial charge >= 0.3 is 5.97 Å². The van der Waals surface area contributed by atoms with Crippen molar-refractivity contribution in [2.45, 2.75) is 27.2 Å². The van der Waals surface area contributed by atoms with Crippen LogP contribution in [0.2, 0.25) is 0 Å². The van der Waals surface area contributed by atoms with Gasteiger partial charge in [-0.05, 0) is 13.3 Å². The van der Waals surface area contributed by atoms with Crippen molar-refractivity contribution in [2.24, 2.45) is 5.92 Å².